The van der Waals surface area contributed by atoms with Crippen LogP contribution in [0.1, 0.15) is 24.4 Å². The molecule has 1 aromatic carbocycles. The Morgan fingerprint density at radius 3 is 2.65 bits per heavy atom. The standard InChI is InChI=1S/C17H27N3O2S/c1-21-12-9-18-17(23)19-13-15(20-10-5-6-11-20)14-7-3-4-8-16(14)22-2/h3-4,7-8,15H,5-6,9-13H2,1-2H3,(H2,18,19,23)/t15-/m0/s1. The van der Waals surface area contributed by atoms with Crippen LogP contribution >= 0.6 is 12.2 Å². The van der Waals surface area contributed by atoms with Crippen LogP contribution in [0.4, 0.5) is 0 Å². The van der Waals surface area contributed by atoms with E-state index in [9.17, 15) is 0 Å². The Labute approximate surface area is 144 Å². The van der Waals surface area contributed by atoms with E-state index in [1.807, 2.05) is 12.1 Å². The third-order valence-corrected chi connectivity index (χ3v) is 4.42. The quantitative estimate of drug-likeness (QED) is 0.558. The first-order valence-electron chi connectivity index (χ1n) is 8.14. The molecule has 0 aromatic heterocycles. The smallest absolute Gasteiger partial charge is 0.166 e. The van der Waals surface area contributed by atoms with Crippen molar-refractivity contribution in [1.29, 1.82) is 0 Å². The minimum Gasteiger partial charge on any atom is -0.496 e. The van der Waals surface area contributed by atoms with Crippen LogP contribution in [0.15, 0.2) is 24.3 Å². The third kappa shape index (κ3) is 5.34. The van der Waals surface area contributed by atoms with E-state index < -0.39 is 0 Å². The fraction of sp³-hybridized carbons (Fsp3) is 0.588. The van der Waals surface area contributed by atoms with Gasteiger partial charge in [0.1, 0.15) is 5.75 Å². The zero-order chi connectivity index (χ0) is 16.5. The van der Waals surface area contributed by atoms with Crippen LogP contribution < -0.4 is 15.4 Å². The fourth-order valence-electron chi connectivity index (χ4n) is 2.95. The summed E-state index contributed by atoms with van der Waals surface area (Å²) >= 11 is 5.34. The summed E-state index contributed by atoms with van der Waals surface area (Å²) in [6, 6.07) is 8.50. The molecule has 1 heterocycles. The van der Waals surface area contributed by atoms with E-state index in [1.54, 1.807) is 14.2 Å². The van der Waals surface area contributed by atoms with Crippen molar-refractivity contribution in [1.82, 2.24) is 15.5 Å². The Morgan fingerprint density at radius 2 is 1.96 bits per heavy atom. The van der Waals surface area contributed by atoms with Gasteiger partial charge in [-0.3, -0.25) is 4.90 Å². The molecule has 5 nitrogen and oxygen atoms in total. The number of nitrogens with zero attached hydrogens (tertiary/aromatic N) is 1. The Hall–Kier alpha value is -1.37. The van der Waals surface area contributed by atoms with Crippen LogP contribution in [-0.4, -0.2) is 57.0 Å². The molecule has 1 atom stereocenters. The second-order valence-electron chi connectivity index (χ2n) is 5.63. The van der Waals surface area contributed by atoms with Gasteiger partial charge in [-0.05, 0) is 44.2 Å². The zero-order valence-corrected chi connectivity index (χ0v) is 14.8. The molecule has 0 spiro atoms. The van der Waals surface area contributed by atoms with Crippen molar-refractivity contribution in [3.8, 4) is 5.75 Å². The number of likely N-dealkylation sites (tertiary alicyclic amines) is 1. The van der Waals surface area contributed by atoms with Gasteiger partial charge < -0.3 is 20.1 Å². The molecule has 1 fully saturated rings. The van der Waals surface area contributed by atoms with Gasteiger partial charge in [0.25, 0.3) is 0 Å². The lowest BCUT2D eigenvalue weighted by Gasteiger charge is -2.29. The summed E-state index contributed by atoms with van der Waals surface area (Å²) < 4.78 is 10.6. The molecule has 2 N–H and O–H groups in total. The molecule has 0 bridgehead atoms. The third-order valence-electron chi connectivity index (χ3n) is 4.13. The SMILES string of the molecule is COCCNC(=S)NC[C@@H](c1ccccc1OC)N1CCCC1. The van der Waals surface area contributed by atoms with Crippen LogP contribution in [0, 0.1) is 0 Å². The maximum Gasteiger partial charge on any atom is 0.166 e. The molecule has 0 aliphatic carbocycles. The van der Waals surface area contributed by atoms with Crippen LogP contribution in [0.5, 0.6) is 5.75 Å². The molecule has 128 valence electrons. The first-order chi connectivity index (χ1) is 11.3. The lowest BCUT2D eigenvalue weighted by Crippen LogP contribution is -2.42. The van der Waals surface area contributed by atoms with Gasteiger partial charge in [-0.25, -0.2) is 0 Å². The Bertz CT molecular complexity index is 492. The Kier molecular flexibility index (Phi) is 7.58. The topological polar surface area (TPSA) is 45.8 Å². The molecular weight excluding hydrogens is 310 g/mol. The Morgan fingerprint density at radius 1 is 1.22 bits per heavy atom. The zero-order valence-electron chi connectivity index (χ0n) is 14.0. The van der Waals surface area contributed by atoms with E-state index >= 15 is 0 Å². The van der Waals surface area contributed by atoms with Gasteiger partial charge in [-0.1, -0.05) is 18.2 Å². The lowest BCUT2D eigenvalue weighted by molar-refractivity contribution is 0.203. The maximum absolute atomic E-state index is 5.55. The maximum atomic E-state index is 5.55. The molecule has 0 unspecified atom stereocenters. The molecule has 1 aliphatic heterocycles. The van der Waals surface area contributed by atoms with E-state index in [0.29, 0.717) is 18.3 Å². The summed E-state index contributed by atoms with van der Waals surface area (Å²) in [5, 5.41) is 7.16. The lowest BCUT2D eigenvalue weighted by atomic mass is 10.0. The molecule has 0 amide bonds. The largest absolute Gasteiger partial charge is 0.496 e. The number of hydrogen-bond acceptors (Lipinski definition) is 4. The summed E-state index contributed by atoms with van der Waals surface area (Å²) in [6.07, 6.45) is 2.50. The number of nitrogens with one attached hydrogen (secondary N) is 2. The van der Waals surface area contributed by atoms with Crippen molar-refractivity contribution in [2.24, 2.45) is 0 Å². The van der Waals surface area contributed by atoms with Crippen molar-refractivity contribution in [3.63, 3.8) is 0 Å². The highest BCUT2D eigenvalue weighted by Gasteiger charge is 2.25. The van der Waals surface area contributed by atoms with Crippen LogP contribution in [0.3, 0.4) is 0 Å². The van der Waals surface area contributed by atoms with Gasteiger partial charge in [-0.15, -0.1) is 0 Å². The molecule has 0 saturated carbocycles. The average molecular weight is 337 g/mol. The summed E-state index contributed by atoms with van der Waals surface area (Å²) in [5.41, 5.74) is 1.21. The number of rotatable bonds is 8. The van der Waals surface area contributed by atoms with Crippen molar-refractivity contribution in [2.75, 3.05) is 47.0 Å². The molecule has 1 saturated heterocycles. The van der Waals surface area contributed by atoms with Gasteiger partial charge in [0.05, 0.1) is 19.8 Å². The van der Waals surface area contributed by atoms with Crippen LogP contribution in [0.2, 0.25) is 0 Å². The molecule has 23 heavy (non-hydrogen) atoms. The number of benzene rings is 1. The van der Waals surface area contributed by atoms with Gasteiger partial charge in [0, 0.05) is 25.8 Å². The predicted molar refractivity (Wildman–Crippen MR) is 97.0 cm³/mol. The summed E-state index contributed by atoms with van der Waals surface area (Å²) in [4.78, 5) is 2.50. The van der Waals surface area contributed by atoms with Gasteiger partial charge >= 0.3 is 0 Å². The molecular formula is C17H27N3O2S. The highest BCUT2D eigenvalue weighted by molar-refractivity contribution is 7.80. The van der Waals surface area contributed by atoms with Crippen molar-refractivity contribution < 1.29 is 9.47 Å². The van der Waals surface area contributed by atoms with E-state index in [4.69, 9.17) is 21.7 Å². The van der Waals surface area contributed by atoms with Gasteiger partial charge in [0.2, 0.25) is 0 Å². The highest BCUT2D eigenvalue weighted by Crippen LogP contribution is 2.31. The first kappa shape index (κ1) is 18.0. The number of thiocarbonyl (C=S) groups is 1. The minimum atomic E-state index is 0.260. The molecule has 1 aromatic rings. The molecule has 0 radical (unpaired) electrons. The van der Waals surface area contributed by atoms with Crippen molar-refractivity contribution >= 4 is 17.3 Å². The monoisotopic (exact) mass is 337 g/mol. The normalized spacial score (nSPS) is 16.1. The van der Waals surface area contributed by atoms with Gasteiger partial charge in [-0.2, -0.15) is 0 Å². The van der Waals surface area contributed by atoms with Crippen LogP contribution in [0.25, 0.3) is 0 Å². The van der Waals surface area contributed by atoms with Crippen molar-refractivity contribution in [3.05, 3.63) is 29.8 Å². The molecule has 6 heteroatoms. The summed E-state index contributed by atoms with van der Waals surface area (Å²) in [6.45, 7) is 4.36. The predicted octanol–water partition coefficient (Wildman–Crippen LogP) is 1.94. The second kappa shape index (κ2) is 9.70. The molecule has 1 aliphatic rings. The summed E-state index contributed by atoms with van der Waals surface area (Å²) in [5.74, 6) is 0.935. The second-order valence-corrected chi connectivity index (χ2v) is 6.04. The van der Waals surface area contributed by atoms with E-state index in [1.165, 1.54) is 18.4 Å². The minimum absolute atomic E-state index is 0.260. The van der Waals surface area contributed by atoms with Crippen molar-refractivity contribution in [2.45, 2.75) is 18.9 Å². The van der Waals surface area contributed by atoms with Crippen LogP contribution in [-0.2, 0) is 4.74 Å². The summed E-state index contributed by atoms with van der Waals surface area (Å²) in [7, 11) is 3.41. The number of ether oxygens (including phenoxy) is 2. The first-order valence-corrected chi connectivity index (χ1v) is 8.54. The van der Waals surface area contributed by atoms with E-state index in [-0.39, 0.29) is 6.04 Å². The highest BCUT2D eigenvalue weighted by atomic mass is 32.1. The number of hydrogen-bond donors (Lipinski definition) is 2. The molecule has 2 rings (SSSR count). The van der Waals surface area contributed by atoms with E-state index in [2.05, 4.69) is 27.7 Å². The average Bonchev–Trinajstić information content (AvgIpc) is 3.10. The Balaban J connectivity index is 2.01. The number of methoxy groups -OCH3 is 2. The van der Waals surface area contributed by atoms with Gasteiger partial charge in [0.15, 0.2) is 5.11 Å². The number of para-hydroxylation sites is 1. The van der Waals surface area contributed by atoms with E-state index in [0.717, 1.165) is 25.4 Å². The fourth-order valence-corrected chi connectivity index (χ4v) is 3.13.